The molecule has 2 aliphatic heterocycles. The highest BCUT2D eigenvalue weighted by atomic mass is 32.1. The van der Waals surface area contributed by atoms with Crippen LogP contribution in [0.2, 0.25) is 0 Å². The second-order valence-electron chi connectivity index (χ2n) is 7.47. The van der Waals surface area contributed by atoms with Gasteiger partial charge in [0.1, 0.15) is 5.01 Å². The summed E-state index contributed by atoms with van der Waals surface area (Å²) in [7, 11) is 2.21. The van der Waals surface area contributed by atoms with Crippen molar-refractivity contribution in [3.63, 3.8) is 0 Å². The first-order valence-electron chi connectivity index (χ1n) is 9.35. The Balaban J connectivity index is 1.45. The first-order chi connectivity index (χ1) is 12.6. The molecule has 2 fully saturated rings. The van der Waals surface area contributed by atoms with E-state index in [4.69, 9.17) is 4.98 Å². The molecule has 2 saturated heterocycles. The van der Waals surface area contributed by atoms with Crippen LogP contribution in [0.5, 0.6) is 0 Å². The molecular weight excluding hydrogens is 344 g/mol. The molecule has 1 atom stereocenters. The second kappa shape index (κ2) is 7.47. The number of aromatic nitrogens is 1. The number of benzene rings is 1. The van der Waals surface area contributed by atoms with Crippen molar-refractivity contribution in [2.24, 2.45) is 0 Å². The number of thiazole rings is 1. The van der Waals surface area contributed by atoms with Gasteiger partial charge in [0, 0.05) is 55.6 Å². The minimum absolute atomic E-state index is 0.107. The number of carbonyl (C=O) groups is 1. The van der Waals surface area contributed by atoms with Gasteiger partial charge in [0.05, 0.1) is 5.69 Å². The molecular formula is C20H26N4OS. The van der Waals surface area contributed by atoms with Crippen molar-refractivity contribution >= 4 is 17.2 Å². The van der Waals surface area contributed by atoms with Crippen LogP contribution in [-0.2, 0) is 11.3 Å². The number of rotatable bonds is 3. The zero-order valence-electron chi connectivity index (χ0n) is 15.3. The lowest BCUT2D eigenvalue weighted by Crippen LogP contribution is -2.60. The standard InChI is InChI=1S/C20H26N4OS/c1-23-11-12-24(15-20(23)8-7-18(25)21-10-9-20)13-17-14-26-19(22-17)16-5-3-2-4-6-16/h2-6,14H,7-13,15H2,1H3,(H,21,25)/t20-/m0/s1. The third-order valence-corrected chi connectivity index (χ3v) is 6.71. The van der Waals surface area contributed by atoms with Crippen LogP contribution in [0.25, 0.3) is 10.6 Å². The van der Waals surface area contributed by atoms with E-state index in [0.29, 0.717) is 6.42 Å². The Bertz CT molecular complexity index is 762. The van der Waals surface area contributed by atoms with Gasteiger partial charge in [0.2, 0.25) is 5.91 Å². The molecule has 3 heterocycles. The molecule has 5 nitrogen and oxygen atoms in total. The quantitative estimate of drug-likeness (QED) is 0.902. The Hall–Kier alpha value is -1.76. The van der Waals surface area contributed by atoms with Crippen molar-refractivity contribution in [2.45, 2.75) is 31.3 Å². The molecule has 1 amide bonds. The van der Waals surface area contributed by atoms with Crippen LogP contribution in [-0.4, -0.2) is 59.5 Å². The van der Waals surface area contributed by atoms with Gasteiger partial charge in [0.25, 0.3) is 0 Å². The predicted octanol–water partition coefficient (Wildman–Crippen LogP) is 2.60. The molecule has 1 aromatic carbocycles. The lowest BCUT2D eigenvalue weighted by Gasteiger charge is -2.49. The normalized spacial score (nSPS) is 25.2. The number of piperazine rings is 1. The van der Waals surface area contributed by atoms with E-state index in [9.17, 15) is 4.79 Å². The number of likely N-dealkylation sites (N-methyl/N-ethyl adjacent to an activating group) is 1. The van der Waals surface area contributed by atoms with Gasteiger partial charge in [-0.2, -0.15) is 0 Å². The van der Waals surface area contributed by atoms with Gasteiger partial charge in [0.15, 0.2) is 0 Å². The molecule has 2 aromatic rings. The number of amides is 1. The molecule has 1 spiro atoms. The van der Waals surface area contributed by atoms with E-state index in [2.05, 4.69) is 51.8 Å². The van der Waals surface area contributed by atoms with E-state index in [1.54, 1.807) is 11.3 Å². The Morgan fingerprint density at radius 2 is 2.08 bits per heavy atom. The van der Waals surface area contributed by atoms with Crippen molar-refractivity contribution < 1.29 is 4.79 Å². The lowest BCUT2D eigenvalue weighted by molar-refractivity contribution is -0.121. The highest BCUT2D eigenvalue weighted by Crippen LogP contribution is 2.31. The molecule has 0 aliphatic carbocycles. The monoisotopic (exact) mass is 370 g/mol. The molecule has 0 bridgehead atoms. The molecule has 6 heteroatoms. The fraction of sp³-hybridized carbons (Fsp3) is 0.500. The minimum atomic E-state index is 0.107. The van der Waals surface area contributed by atoms with Crippen LogP contribution in [0.15, 0.2) is 35.7 Å². The summed E-state index contributed by atoms with van der Waals surface area (Å²) in [5, 5.41) is 6.31. The smallest absolute Gasteiger partial charge is 0.220 e. The zero-order valence-corrected chi connectivity index (χ0v) is 16.1. The average Bonchev–Trinajstić information content (AvgIpc) is 3.04. The number of carbonyl (C=O) groups excluding carboxylic acids is 1. The fourth-order valence-corrected chi connectivity index (χ4v) is 4.95. The first kappa shape index (κ1) is 17.6. The summed E-state index contributed by atoms with van der Waals surface area (Å²) < 4.78 is 0. The van der Waals surface area contributed by atoms with Crippen LogP contribution in [0, 0.1) is 0 Å². The first-order valence-corrected chi connectivity index (χ1v) is 10.2. The SMILES string of the molecule is CN1CCN(Cc2csc(-c3ccccc3)n2)C[C@]12CCNC(=O)CC2. The van der Waals surface area contributed by atoms with Gasteiger partial charge in [-0.05, 0) is 19.9 Å². The summed E-state index contributed by atoms with van der Waals surface area (Å²) in [4.78, 5) is 21.6. The van der Waals surface area contributed by atoms with Crippen molar-refractivity contribution in [2.75, 3.05) is 33.2 Å². The van der Waals surface area contributed by atoms with E-state index in [1.807, 2.05) is 6.07 Å². The maximum Gasteiger partial charge on any atom is 0.220 e. The Morgan fingerprint density at radius 3 is 2.92 bits per heavy atom. The molecule has 138 valence electrons. The van der Waals surface area contributed by atoms with E-state index < -0.39 is 0 Å². The molecule has 0 unspecified atom stereocenters. The zero-order chi connectivity index (χ0) is 18.0. The largest absolute Gasteiger partial charge is 0.356 e. The maximum absolute atomic E-state index is 11.8. The second-order valence-corrected chi connectivity index (χ2v) is 8.32. The maximum atomic E-state index is 11.8. The number of hydrogen-bond acceptors (Lipinski definition) is 5. The van der Waals surface area contributed by atoms with E-state index in [0.717, 1.165) is 56.3 Å². The van der Waals surface area contributed by atoms with Gasteiger partial charge < -0.3 is 5.32 Å². The summed E-state index contributed by atoms with van der Waals surface area (Å²) in [6.07, 6.45) is 2.60. The number of nitrogens with one attached hydrogen (secondary N) is 1. The molecule has 4 rings (SSSR count). The van der Waals surface area contributed by atoms with Crippen molar-refractivity contribution in [3.05, 3.63) is 41.4 Å². The Morgan fingerprint density at radius 1 is 1.23 bits per heavy atom. The van der Waals surface area contributed by atoms with Gasteiger partial charge >= 0.3 is 0 Å². The fourth-order valence-electron chi connectivity index (χ4n) is 4.14. The Labute approximate surface area is 159 Å². The average molecular weight is 371 g/mol. The van der Waals surface area contributed by atoms with Gasteiger partial charge in [-0.25, -0.2) is 4.98 Å². The minimum Gasteiger partial charge on any atom is -0.356 e. The van der Waals surface area contributed by atoms with Crippen molar-refractivity contribution in [3.8, 4) is 10.6 Å². The van der Waals surface area contributed by atoms with Crippen molar-refractivity contribution in [1.29, 1.82) is 0 Å². The summed E-state index contributed by atoms with van der Waals surface area (Å²) in [5.41, 5.74) is 2.44. The molecule has 1 aromatic heterocycles. The van der Waals surface area contributed by atoms with Gasteiger partial charge in [-0.1, -0.05) is 30.3 Å². The summed E-state index contributed by atoms with van der Waals surface area (Å²) in [5.74, 6) is 0.194. The van der Waals surface area contributed by atoms with E-state index in [-0.39, 0.29) is 11.4 Å². The Kier molecular flexibility index (Phi) is 5.07. The highest BCUT2D eigenvalue weighted by Gasteiger charge is 2.40. The molecule has 2 aliphatic rings. The number of nitrogens with zero attached hydrogens (tertiary/aromatic N) is 3. The predicted molar refractivity (Wildman–Crippen MR) is 105 cm³/mol. The van der Waals surface area contributed by atoms with Crippen LogP contribution >= 0.6 is 11.3 Å². The van der Waals surface area contributed by atoms with E-state index >= 15 is 0 Å². The van der Waals surface area contributed by atoms with Crippen LogP contribution < -0.4 is 5.32 Å². The summed E-state index contributed by atoms with van der Waals surface area (Å²) in [6.45, 7) is 4.78. The van der Waals surface area contributed by atoms with Crippen LogP contribution in [0.4, 0.5) is 0 Å². The molecule has 0 radical (unpaired) electrons. The lowest BCUT2D eigenvalue weighted by atomic mass is 9.86. The molecule has 26 heavy (non-hydrogen) atoms. The number of hydrogen-bond donors (Lipinski definition) is 1. The third-order valence-electron chi connectivity index (χ3n) is 5.77. The highest BCUT2D eigenvalue weighted by molar-refractivity contribution is 7.13. The molecule has 1 N–H and O–H groups in total. The van der Waals surface area contributed by atoms with Crippen LogP contribution in [0.3, 0.4) is 0 Å². The molecule has 0 saturated carbocycles. The van der Waals surface area contributed by atoms with Crippen LogP contribution in [0.1, 0.15) is 25.0 Å². The van der Waals surface area contributed by atoms with E-state index in [1.165, 1.54) is 5.56 Å². The van der Waals surface area contributed by atoms with Gasteiger partial charge in [-0.15, -0.1) is 11.3 Å². The summed E-state index contributed by atoms with van der Waals surface area (Å²) in [6, 6.07) is 10.4. The topological polar surface area (TPSA) is 48.5 Å². The van der Waals surface area contributed by atoms with Gasteiger partial charge in [-0.3, -0.25) is 14.6 Å². The van der Waals surface area contributed by atoms with Crippen molar-refractivity contribution in [1.82, 2.24) is 20.1 Å². The summed E-state index contributed by atoms with van der Waals surface area (Å²) >= 11 is 1.72. The third kappa shape index (κ3) is 3.68.